The second-order valence-corrected chi connectivity index (χ2v) is 6.39. The fourth-order valence-corrected chi connectivity index (χ4v) is 2.59. The Hall–Kier alpha value is -3.67. The summed E-state index contributed by atoms with van der Waals surface area (Å²) < 4.78 is 0. The van der Waals surface area contributed by atoms with Gasteiger partial charge in [0.2, 0.25) is 0 Å². The molecule has 2 aromatic rings. The van der Waals surface area contributed by atoms with Crippen LogP contribution in [0.25, 0.3) is 0 Å². The van der Waals surface area contributed by atoms with E-state index in [0.29, 0.717) is 11.1 Å². The van der Waals surface area contributed by atoms with Gasteiger partial charge in [0.25, 0.3) is 0 Å². The van der Waals surface area contributed by atoms with Crippen molar-refractivity contribution in [3.05, 3.63) is 133 Å². The number of allylic oxidation sites excluding steroid dienone is 10. The Morgan fingerprint density at radius 2 is 0.871 bits per heavy atom. The number of benzene rings is 2. The molecular weight excluding hydrogens is 431 g/mol. The molecule has 2 aliphatic rings. The third-order valence-corrected chi connectivity index (χ3v) is 4.17. The van der Waals surface area contributed by atoms with Crippen LogP contribution in [-0.4, -0.2) is 11.6 Å². The maximum absolute atomic E-state index is 11.4. The minimum atomic E-state index is 0. The summed E-state index contributed by atoms with van der Waals surface area (Å²) in [4.78, 5) is 22.7. The van der Waals surface area contributed by atoms with Crippen LogP contribution in [0.3, 0.4) is 0 Å². The maximum Gasteiger partial charge on any atom is 0.187 e. The summed E-state index contributed by atoms with van der Waals surface area (Å²) in [6, 6.07) is 19.5. The molecule has 0 saturated heterocycles. The Morgan fingerprint density at radius 3 is 1.23 bits per heavy atom. The molecule has 0 fully saturated rings. The number of para-hydroxylation sites is 2. The largest absolute Gasteiger partial charge is 0.361 e. The van der Waals surface area contributed by atoms with Crippen LogP contribution in [0.5, 0.6) is 0 Å². The molecule has 0 aliphatic heterocycles. The van der Waals surface area contributed by atoms with E-state index in [1.54, 1.807) is 48.9 Å². The Bertz CT molecular complexity index is 976. The van der Waals surface area contributed by atoms with Crippen LogP contribution in [0.15, 0.2) is 133 Å². The van der Waals surface area contributed by atoms with Crippen LogP contribution in [0, 0.1) is 0 Å². The standard InChI is InChI=1S/2C13H11NO.Co/c2*15-13-9-5-4-6-11(13)10-14-12-7-2-1-3-8-12;/h2*1-10,14H;/b2*11-10-;. The third-order valence-electron chi connectivity index (χ3n) is 4.17. The zero-order chi connectivity index (χ0) is 21.0. The molecule has 157 valence electrons. The van der Waals surface area contributed by atoms with Crippen LogP contribution in [-0.2, 0) is 26.4 Å². The Labute approximate surface area is 192 Å². The first kappa shape index (κ1) is 23.6. The van der Waals surface area contributed by atoms with Gasteiger partial charge in [0.1, 0.15) is 0 Å². The van der Waals surface area contributed by atoms with Gasteiger partial charge in [-0.3, -0.25) is 9.59 Å². The van der Waals surface area contributed by atoms with E-state index in [9.17, 15) is 9.59 Å². The normalized spacial score (nSPS) is 16.5. The first-order chi connectivity index (χ1) is 14.7. The zero-order valence-corrected chi connectivity index (χ0v) is 17.7. The van der Waals surface area contributed by atoms with Crippen LogP contribution >= 0.6 is 0 Å². The summed E-state index contributed by atoms with van der Waals surface area (Å²) in [5.74, 6) is 0.0573. The zero-order valence-electron chi connectivity index (χ0n) is 16.7. The van der Waals surface area contributed by atoms with Gasteiger partial charge in [-0.25, -0.2) is 0 Å². The number of hydrogen-bond acceptors (Lipinski definition) is 4. The molecule has 0 spiro atoms. The van der Waals surface area contributed by atoms with Crippen LogP contribution in [0.4, 0.5) is 11.4 Å². The van der Waals surface area contributed by atoms with Gasteiger partial charge in [-0.15, -0.1) is 0 Å². The fraction of sp³-hybridized carbons (Fsp3) is 0. The van der Waals surface area contributed by atoms with E-state index < -0.39 is 0 Å². The van der Waals surface area contributed by atoms with Gasteiger partial charge in [-0.2, -0.15) is 0 Å². The first-order valence-electron chi connectivity index (χ1n) is 9.54. The van der Waals surface area contributed by atoms with Crippen molar-refractivity contribution in [3.63, 3.8) is 0 Å². The van der Waals surface area contributed by atoms with E-state index in [1.807, 2.05) is 72.8 Å². The molecule has 2 aromatic carbocycles. The maximum atomic E-state index is 11.4. The molecular formula is C26H22CoN2O2. The Balaban J connectivity index is 0.000000213. The topological polar surface area (TPSA) is 58.2 Å². The van der Waals surface area contributed by atoms with Crippen molar-refractivity contribution in [2.24, 2.45) is 0 Å². The van der Waals surface area contributed by atoms with E-state index in [1.165, 1.54) is 0 Å². The molecule has 0 heterocycles. The van der Waals surface area contributed by atoms with Gasteiger partial charge >= 0.3 is 0 Å². The molecule has 0 amide bonds. The number of carbonyl (C=O) groups excluding carboxylic acids is 2. The van der Waals surface area contributed by atoms with E-state index in [0.717, 1.165) is 11.4 Å². The van der Waals surface area contributed by atoms with Crippen LogP contribution in [0.2, 0.25) is 0 Å². The molecule has 5 heteroatoms. The van der Waals surface area contributed by atoms with Crippen molar-refractivity contribution in [1.29, 1.82) is 0 Å². The van der Waals surface area contributed by atoms with Gasteiger partial charge in [0, 0.05) is 51.7 Å². The summed E-state index contributed by atoms with van der Waals surface area (Å²) in [7, 11) is 0. The first-order valence-corrected chi connectivity index (χ1v) is 9.54. The smallest absolute Gasteiger partial charge is 0.187 e. The summed E-state index contributed by atoms with van der Waals surface area (Å²) >= 11 is 0. The van der Waals surface area contributed by atoms with Crippen molar-refractivity contribution >= 4 is 22.9 Å². The van der Waals surface area contributed by atoms with E-state index >= 15 is 0 Å². The molecule has 0 atom stereocenters. The van der Waals surface area contributed by atoms with Crippen molar-refractivity contribution in [1.82, 2.24) is 0 Å². The number of rotatable bonds is 4. The molecule has 1 radical (unpaired) electrons. The second kappa shape index (κ2) is 12.8. The predicted molar refractivity (Wildman–Crippen MR) is 123 cm³/mol. The average molecular weight is 453 g/mol. The van der Waals surface area contributed by atoms with E-state index in [2.05, 4.69) is 10.6 Å². The fourth-order valence-electron chi connectivity index (χ4n) is 2.59. The van der Waals surface area contributed by atoms with Gasteiger partial charge in [0.15, 0.2) is 11.6 Å². The van der Waals surface area contributed by atoms with Crippen molar-refractivity contribution in [2.75, 3.05) is 10.6 Å². The quantitative estimate of drug-likeness (QED) is 0.613. The van der Waals surface area contributed by atoms with E-state index in [-0.39, 0.29) is 28.3 Å². The molecule has 4 nitrogen and oxygen atoms in total. The average Bonchev–Trinajstić information content (AvgIpc) is 2.80. The molecule has 31 heavy (non-hydrogen) atoms. The molecule has 0 aromatic heterocycles. The molecule has 0 saturated carbocycles. The third kappa shape index (κ3) is 7.93. The van der Waals surface area contributed by atoms with Crippen LogP contribution < -0.4 is 10.6 Å². The van der Waals surface area contributed by atoms with Gasteiger partial charge in [0.05, 0.1) is 0 Å². The van der Waals surface area contributed by atoms with Crippen molar-refractivity contribution in [3.8, 4) is 0 Å². The molecule has 2 N–H and O–H groups in total. The Morgan fingerprint density at radius 1 is 0.516 bits per heavy atom. The van der Waals surface area contributed by atoms with Crippen molar-refractivity contribution < 1.29 is 26.4 Å². The minimum Gasteiger partial charge on any atom is -0.361 e. The number of hydrogen-bond donors (Lipinski definition) is 2. The summed E-state index contributed by atoms with van der Waals surface area (Å²) in [5, 5.41) is 6.15. The SMILES string of the molecule is O=C1C=CC=C/C1=C/Nc1ccccc1.O=C1C=CC=C/C1=C/Nc1ccccc1.[Co]. The number of anilines is 2. The monoisotopic (exact) mass is 453 g/mol. The van der Waals surface area contributed by atoms with E-state index in [4.69, 9.17) is 0 Å². The van der Waals surface area contributed by atoms with Gasteiger partial charge < -0.3 is 10.6 Å². The minimum absolute atomic E-state index is 0. The summed E-state index contributed by atoms with van der Waals surface area (Å²) in [6.07, 6.45) is 17.3. The van der Waals surface area contributed by atoms with Crippen LogP contribution in [0.1, 0.15) is 0 Å². The molecule has 0 bridgehead atoms. The second-order valence-electron chi connectivity index (χ2n) is 6.39. The molecule has 2 aliphatic carbocycles. The summed E-state index contributed by atoms with van der Waals surface area (Å²) in [6.45, 7) is 0. The van der Waals surface area contributed by atoms with Gasteiger partial charge in [-0.1, -0.05) is 60.7 Å². The molecule has 4 rings (SSSR count). The molecule has 0 unspecified atom stereocenters. The number of ketones is 2. The number of carbonyl (C=O) groups is 2. The predicted octanol–water partition coefficient (Wildman–Crippen LogP) is 5.35. The van der Waals surface area contributed by atoms with Gasteiger partial charge in [-0.05, 0) is 48.6 Å². The Kier molecular flexibility index (Phi) is 9.74. The van der Waals surface area contributed by atoms with Crippen molar-refractivity contribution in [2.45, 2.75) is 0 Å². The number of nitrogens with one attached hydrogen (secondary N) is 2. The summed E-state index contributed by atoms with van der Waals surface area (Å²) in [5.41, 5.74) is 3.28.